The maximum absolute atomic E-state index is 11.6. The number of rotatable bonds is 5. The molecule has 3 atom stereocenters. The Hall–Kier alpha value is -0.0600. The van der Waals surface area contributed by atoms with E-state index in [0.29, 0.717) is 0 Å². The smallest absolute Gasteiger partial charge is 0.154 e. The monoisotopic (exact) mass is 205 g/mol. The molecule has 0 bridgehead atoms. The molecule has 0 amide bonds. The van der Waals surface area contributed by atoms with E-state index in [4.69, 9.17) is 0 Å². The van der Waals surface area contributed by atoms with Crippen molar-refractivity contribution in [1.29, 1.82) is 0 Å². The zero-order valence-corrected chi connectivity index (χ0v) is 9.51. The summed E-state index contributed by atoms with van der Waals surface area (Å²) in [6.07, 6.45) is -0.676. The van der Waals surface area contributed by atoms with Crippen molar-refractivity contribution in [2.24, 2.45) is 5.92 Å². The number of Topliss-reactive ketones (excluding diaryl/α,β-unsaturated/α-hetero) is 1. The van der Waals surface area contributed by atoms with Gasteiger partial charge in [-0.1, -0.05) is 13.8 Å². The van der Waals surface area contributed by atoms with E-state index in [0.717, 1.165) is 0 Å². The van der Waals surface area contributed by atoms with Crippen molar-refractivity contribution in [3.05, 3.63) is 0 Å². The summed E-state index contributed by atoms with van der Waals surface area (Å²) in [5, 5.41) is 12.2. The molecule has 0 saturated carbocycles. The van der Waals surface area contributed by atoms with E-state index >= 15 is 0 Å². The van der Waals surface area contributed by atoms with Gasteiger partial charge in [0.15, 0.2) is 5.78 Å². The second-order valence-corrected chi connectivity index (χ2v) is 4.39. The average molecular weight is 205 g/mol. The standard InChI is InChI=1S/C9H19NO2S/c1-5(2)9(12)8(6(3)11)10-7(4)13/h5-8,10-11,13H,1-4H3/t6?,7?,8-/m0/s1. The molecule has 2 unspecified atom stereocenters. The number of thiol groups is 1. The number of carbonyl (C=O) groups excluding carboxylic acids is 1. The summed E-state index contributed by atoms with van der Waals surface area (Å²) in [5.74, 6) is -0.0462. The van der Waals surface area contributed by atoms with Crippen LogP contribution in [-0.4, -0.2) is 28.4 Å². The molecule has 0 aromatic rings. The SMILES string of the molecule is CC(S)N[C@H](C(=O)C(C)C)C(C)O. The predicted octanol–water partition coefficient (Wildman–Crippen LogP) is 0.826. The van der Waals surface area contributed by atoms with Gasteiger partial charge in [0, 0.05) is 11.3 Å². The first kappa shape index (κ1) is 12.9. The van der Waals surface area contributed by atoms with Crippen molar-refractivity contribution in [3.63, 3.8) is 0 Å². The van der Waals surface area contributed by atoms with E-state index in [1.165, 1.54) is 0 Å². The fourth-order valence-corrected chi connectivity index (χ4v) is 1.24. The minimum Gasteiger partial charge on any atom is -0.391 e. The molecule has 0 fully saturated rings. The molecule has 0 aliphatic carbocycles. The van der Waals surface area contributed by atoms with Crippen LogP contribution < -0.4 is 5.32 Å². The van der Waals surface area contributed by atoms with Crippen LogP contribution in [0.5, 0.6) is 0 Å². The lowest BCUT2D eigenvalue weighted by Gasteiger charge is -2.23. The van der Waals surface area contributed by atoms with E-state index in [1.807, 2.05) is 20.8 Å². The Morgan fingerprint density at radius 3 is 2.00 bits per heavy atom. The second kappa shape index (κ2) is 5.62. The van der Waals surface area contributed by atoms with E-state index < -0.39 is 12.1 Å². The third kappa shape index (κ3) is 4.64. The molecule has 2 N–H and O–H groups in total. The number of hydrogen-bond acceptors (Lipinski definition) is 4. The van der Waals surface area contributed by atoms with E-state index in [-0.39, 0.29) is 17.1 Å². The molecule has 0 saturated heterocycles. The molecule has 0 radical (unpaired) electrons. The highest BCUT2D eigenvalue weighted by molar-refractivity contribution is 7.80. The van der Waals surface area contributed by atoms with Gasteiger partial charge in [-0.05, 0) is 13.8 Å². The Morgan fingerprint density at radius 1 is 1.31 bits per heavy atom. The fourth-order valence-electron chi connectivity index (χ4n) is 1.08. The summed E-state index contributed by atoms with van der Waals surface area (Å²) < 4.78 is 0. The van der Waals surface area contributed by atoms with Crippen LogP contribution >= 0.6 is 12.6 Å². The lowest BCUT2D eigenvalue weighted by atomic mass is 9.98. The number of ketones is 1. The second-order valence-electron chi connectivity index (χ2n) is 3.62. The van der Waals surface area contributed by atoms with Gasteiger partial charge in [-0.15, -0.1) is 0 Å². The average Bonchev–Trinajstić information content (AvgIpc) is 1.97. The highest BCUT2D eigenvalue weighted by Gasteiger charge is 2.25. The fraction of sp³-hybridized carbons (Fsp3) is 0.889. The summed E-state index contributed by atoms with van der Waals surface area (Å²) in [5.41, 5.74) is 0. The highest BCUT2D eigenvalue weighted by atomic mass is 32.1. The van der Waals surface area contributed by atoms with Crippen molar-refractivity contribution in [1.82, 2.24) is 5.32 Å². The lowest BCUT2D eigenvalue weighted by molar-refractivity contribution is -0.126. The van der Waals surface area contributed by atoms with Gasteiger partial charge in [0.05, 0.1) is 12.1 Å². The largest absolute Gasteiger partial charge is 0.391 e. The molecule has 0 aliphatic rings. The van der Waals surface area contributed by atoms with E-state index in [1.54, 1.807) is 6.92 Å². The molecule has 0 aromatic heterocycles. The number of carbonyl (C=O) groups is 1. The molecular formula is C9H19NO2S. The number of hydrogen-bond donors (Lipinski definition) is 3. The van der Waals surface area contributed by atoms with Crippen molar-refractivity contribution >= 4 is 18.4 Å². The van der Waals surface area contributed by atoms with Crippen LogP contribution in [-0.2, 0) is 4.79 Å². The molecule has 78 valence electrons. The van der Waals surface area contributed by atoms with Crippen molar-refractivity contribution in [3.8, 4) is 0 Å². The molecule has 0 rings (SSSR count). The number of aliphatic hydroxyl groups is 1. The van der Waals surface area contributed by atoms with Crippen LogP contribution in [0.25, 0.3) is 0 Å². The van der Waals surface area contributed by atoms with Gasteiger partial charge in [0.25, 0.3) is 0 Å². The first-order valence-corrected chi connectivity index (χ1v) is 5.03. The first-order valence-electron chi connectivity index (χ1n) is 4.52. The van der Waals surface area contributed by atoms with Gasteiger partial charge in [0.2, 0.25) is 0 Å². The zero-order valence-electron chi connectivity index (χ0n) is 8.61. The maximum atomic E-state index is 11.6. The first-order chi connectivity index (χ1) is 5.86. The third-order valence-corrected chi connectivity index (χ3v) is 1.93. The molecule has 0 heterocycles. The van der Waals surface area contributed by atoms with E-state index in [2.05, 4.69) is 17.9 Å². The van der Waals surface area contributed by atoms with Crippen molar-refractivity contribution in [2.75, 3.05) is 0 Å². The predicted molar refractivity (Wildman–Crippen MR) is 56.9 cm³/mol. The van der Waals surface area contributed by atoms with Crippen molar-refractivity contribution < 1.29 is 9.90 Å². The Morgan fingerprint density at radius 2 is 1.77 bits per heavy atom. The minimum atomic E-state index is -0.676. The third-order valence-electron chi connectivity index (χ3n) is 1.78. The maximum Gasteiger partial charge on any atom is 0.154 e. The zero-order chi connectivity index (χ0) is 10.6. The normalized spacial score (nSPS) is 18.4. The summed E-state index contributed by atoms with van der Waals surface area (Å²) in [6.45, 7) is 7.07. The van der Waals surface area contributed by atoms with Gasteiger partial charge in [-0.3, -0.25) is 10.1 Å². The van der Waals surface area contributed by atoms with Gasteiger partial charge in [0.1, 0.15) is 0 Å². The molecule has 0 spiro atoms. The van der Waals surface area contributed by atoms with Crippen LogP contribution in [0.15, 0.2) is 0 Å². The van der Waals surface area contributed by atoms with Crippen LogP contribution in [0.3, 0.4) is 0 Å². The topological polar surface area (TPSA) is 49.3 Å². The summed E-state index contributed by atoms with van der Waals surface area (Å²) in [7, 11) is 0. The van der Waals surface area contributed by atoms with Gasteiger partial charge < -0.3 is 5.11 Å². The molecule has 0 aromatic carbocycles. The van der Waals surface area contributed by atoms with Crippen LogP contribution in [0.4, 0.5) is 0 Å². The molecule has 4 heteroatoms. The van der Waals surface area contributed by atoms with Crippen LogP contribution in [0, 0.1) is 5.92 Å². The summed E-state index contributed by atoms with van der Waals surface area (Å²) >= 11 is 4.12. The summed E-state index contributed by atoms with van der Waals surface area (Å²) in [6, 6.07) is -0.507. The highest BCUT2D eigenvalue weighted by Crippen LogP contribution is 2.05. The Kier molecular flexibility index (Phi) is 5.60. The van der Waals surface area contributed by atoms with Gasteiger partial charge >= 0.3 is 0 Å². The Balaban J connectivity index is 4.33. The quantitative estimate of drug-likeness (QED) is 0.460. The molecule has 13 heavy (non-hydrogen) atoms. The lowest BCUT2D eigenvalue weighted by Crippen LogP contribution is -2.48. The Bertz CT molecular complexity index is 169. The molecular weight excluding hydrogens is 186 g/mol. The van der Waals surface area contributed by atoms with Gasteiger partial charge in [-0.2, -0.15) is 12.6 Å². The number of nitrogens with one attached hydrogen (secondary N) is 1. The number of aliphatic hydroxyl groups excluding tert-OH is 1. The van der Waals surface area contributed by atoms with E-state index in [9.17, 15) is 9.90 Å². The van der Waals surface area contributed by atoms with Crippen LogP contribution in [0.2, 0.25) is 0 Å². The minimum absolute atomic E-state index is 0.0240. The molecule has 3 nitrogen and oxygen atoms in total. The van der Waals surface area contributed by atoms with Gasteiger partial charge in [-0.25, -0.2) is 0 Å². The molecule has 0 aliphatic heterocycles. The van der Waals surface area contributed by atoms with Crippen molar-refractivity contribution in [2.45, 2.75) is 45.2 Å². The Labute approximate surface area is 85.3 Å². The van der Waals surface area contributed by atoms with Crippen LogP contribution in [0.1, 0.15) is 27.7 Å². The summed E-state index contributed by atoms with van der Waals surface area (Å²) in [4.78, 5) is 11.6.